The minimum Gasteiger partial charge on any atom is -0.497 e. The van der Waals surface area contributed by atoms with E-state index in [-0.39, 0.29) is 16.6 Å². The highest BCUT2D eigenvalue weighted by Crippen LogP contribution is 2.41. The lowest BCUT2D eigenvalue weighted by molar-refractivity contribution is -0.385. The van der Waals surface area contributed by atoms with Gasteiger partial charge in [-0.1, -0.05) is 12.1 Å². The molecule has 0 bridgehead atoms. The van der Waals surface area contributed by atoms with Crippen LogP contribution in [0.4, 0.5) is 11.4 Å². The predicted molar refractivity (Wildman–Crippen MR) is 113 cm³/mol. The van der Waals surface area contributed by atoms with E-state index in [1.807, 2.05) is 24.3 Å². The van der Waals surface area contributed by atoms with Crippen LogP contribution in [0.2, 0.25) is 0 Å². The summed E-state index contributed by atoms with van der Waals surface area (Å²) in [5.74, 6) is 0.760. The number of sulfonamides is 1. The first kappa shape index (κ1) is 20.6. The Balaban J connectivity index is 1.77. The molecule has 2 aliphatic rings. The van der Waals surface area contributed by atoms with Crippen LogP contribution >= 0.6 is 0 Å². The number of nitro groups is 1. The Kier molecular flexibility index (Phi) is 5.66. The van der Waals surface area contributed by atoms with Gasteiger partial charge in [0.05, 0.1) is 23.8 Å². The first-order chi connectivity index (χ1) is 14.4. The Labute approximate surface area is 176 Å². The molecule has 8 nitrogen and oxygen atoms in total. The highest BCUT2D eigenvalue weighted by atomic mass is 32.2. The molecule has 2 aliphatic heterocycles. The van der Waals surface area contributed by atoms with Crippen molar-refractivity contribution in [1.29, 1.82) is 0 Å². The molecule has 30 heavy (non-hydrogen) atoms. The van der Waals surface area contributed by atoms with Gasteiger partial charge >= 0.3 is 0 Å². The van der Waals surface area contributed by atoms with Crippen LogP contribution in [0.3, 0.4) is 0 Å². The van der Waals surface area contributed by atoms with Gasteiger partial charge in [0.2, 0.25) is 10.0 Å². The summed E-state index contributed by atoms with van der Waals surface area (Å²) >= 11 is 0. The second kappa shape index (κ2) is 8.23. The van der Waals surface area contributed by atoms with Gasteiger partial charge in [-0.05, 0) is 49.4 Å². The first-order valence-corrected chi connectivity index (χ1v) is 11.5. The molecule has 2 aromatic carbocycles. The molecule has 1 atom stereocenters. The van der Waals surface area contributed by atoms with Crippen LogP contribution in [0.1, 0.15) is 37.3 Å². The van der Waals surface area contributed by atoms with Gasteiger partial charge in [0.25, 0.3) is 5.69 Å². The summed E-state index contributed by atoms with van der Waals surface area (Å²) in [5.41, 5.74) is 1.39. The monoisotopic (exact) mass is 431 g/mol. The Morgan fingerprint density at radius 1 is 1.03 bits per heavy atom. The molecule has 0 amide bonds. The number of hydrogen-bond donors (Lipinski definition) is 0. The second-order valence-electron chi connectivity index (χ2n) is 7.64. The summed E-state index contributed by atoms with van der Waals surface area (Å²) in [5, 5.41) is 11.4. The number of non-ortho nitro benzene ring substituents is 1. The largest absolute Gasteiger partial charge is 0.497 e. The normalized spacial score (nSPS) is 19.9. The third-order valence-corrected chi connectivity index (χ3v) is 7.83. The quantitative estimate of drug-likeness (QED) is 0.511. The molecule has 4 rings (SSSR count). The van der Waals surface area contributed by atoms with Crippen molar-refractivity contribution in [3.05, 3.63) is 58.1 Å². The van der Waals surface area contributed by atoms with E-state index in [0.29, 0.717) is 25.3 Å². The molecule has 0 radical (unpaired) electrons. The molecule has 0 aliphatic carbocycles. The van der Waals surface area contributed by atoms with Crippen LogP contribution in [0, 0.1) is 10.1 Å². The predicted octanol–water partition coefficient (Wildman–Crippen LogP) is 3.73. The van der Waals surface area contributed by atoms with Crippen molar-refractivity contribution < 1.29 is 18.1 Å². The highest BCUT2D eigenvalue weighted by Gasteiger charge is 2.35. The topological polar surface area (TPSA) is 93.0 Å². The molecule has 160 valence electrons. The van der Waals surface area contributed by atoms with Crippen molar-refractivity contribution in [1.82, 2.24) is 4.31 Å². The van der Waals surface area contributed by atoms with Gasteiger partial charge < -0.3 is 9.64 Å². The fraction of sp³-hybridized carbons (Fsp3) is 0.429. The van der Waals surface area contributed by atoms with E-state index in [1.54, 1.807) is 13.2 Å². The molecule has 0 aromatic heterocycles. The summed E-state index contributed by atoms with van der Waals surface area (Å²) in [6, 6.07) is 12.0. The van der Waals surface area contributed by atoms with E-state index in [9.17, 15) is 18.5 Å². The van der Waals surface area contributed by atoms with Crippen LogP contribution in [0.5, 0.6) is 5.75 Å². The Morgan fingerprint density at radius 2 is 1.73 bits per heavy atom. The number of rotatable bonds is 6. The van der Waals surface area contributed by atoms with Crippen molar-refractivity contribution in [3.63, 3.8) is 0 Å². The molecule has 2 fully saturated rings. The molecule has 2 heterocycles. The summed E-state index contributed by atoms with van der Waals surface area (Å²) in [7, 11) is -2.20. The van der Waals surface area contributed by atoms with Gasteiger partial charge in [0, 0.05) is 31.8 Å². The Bertz CT molecular complexity index is 1030. The number of benzene rings is 2. The molecule has 2 aromatic rings. The van der Waals surface area contributed by atoms with Gasteiger partial charge in [-0.2, -0.15) is 4.31 Å². The molecular weight excluding hydrogens is 406 g/mol. The summed E-state index contributed by atoms with van der Waals surface area (Å²) in [4.78, 5) is 12.9. The van der Waals surface area contributed by atoms with Gasteiger partial charge in [-0.15, -0.1) is 0 Å². The van der Waals surface area contributed by atoms with E-state index in [0.717, 1.165) is 37.0 Å². The molecule has 0 saturated carbocycles. The van der Waals surface area contributed by atoms with E-state index >= 15 is 0 Å². The lowest BCUT2D eigenvalue weighted by Gasteiger charge is -2.30. The van der Waals surface area contributed by atoms with Gasteiger partial charge in [-0.25, -0.2) is 8.42 Å². The molecule has 1 unspecified atom stereocenters. The lowest BCUT2D eigenvalue weighted by atomic mass is 10.0. The van der Waals surface area contributed by atoms with E-state index < -0.39 is 14.9 Å². The molecule has 9 heteroatoms. The zero-order chi connectivity index (χ0) is 21.3. The lowest BCUT2D eigenvalue weighted by Crippen LogP contribution is -2.31. The SMILES string of the molecule is COc1ccc(C2CCCN2c2ccc([N+](=O)[O-])cc2S(=O)(=O)N2CCCC2)cc1. The molecule has 2 saturated heterocycles. The van der Waals surface area contributed by atoms with Crippen molar-refractivity contribution in [2.24, 2.45) is 0 Å². The number of methoxy groups -OCH3 is 1. The zero-order valence-corrected chi connectivity index (χ0v) is 17.7. The number of nitro benzene ring substituents is 1. The van der Waals surface area contributed by atoms with E-state index in [4.69, 9.17) is 4.74 Å². The standard InChI is InChI=1S/C21H25N3O5S/c1-29-18-9-6-16(7-10-18)19-5-4-14-23(19)20-11-8-17(24(25)26)15-21(20)30(27,28)22-12-2-3-13-22/h6-11,15,19H,2-5,12-14H2,1H3. The maximum absolute atomic E-state index is 13.4. The smallest absolute Gasteiger partial charge is 0.270 e. The number of ether oxygens (including phenoxy) is 1. The summed E-state index contributed by atoms with van der Waals surface area (Å²) < 4.78 is 33.4. The molecule has 0 N–H and O–H groups in total. The van der Waals surface area contributed by atoms with Crippen LogP contribution in [0.25, 0.3) is 0 Å². The fourth-order valence-electron chi connectivity index (χ4n) is 4.36. The Hall–Kier alpha value is -2.65. The van der Waals surface area contributed by atoms with Gasteiger partial charge in [0.15, 0.2) is 0 Å². The number of anilines is 1. The maximum atomic E-state index is 13.4. The Morgan fingerprint density at radius 3 is 2.37 bits per heavy atom. The van der Waals surface area contributed by atoms with Crippen molar-refractivity contribution >= 4 is 21.4 Å². The average Bonchev–Trinajstić information content (AvgIpc) is 3.46. The van der Waals surface area contributed by atoms with Crippen LogP contribution in [0.15, 0.2) is 47.4 Å². The van der Waals surface area contributed by atoms with Crippen molar-refractivity contribution in [2.45, 2.75) is 36.6 Å². The van der Waals surface area contributed by atoms with Gasteiger partial charge in [0.1, 0.15) is 10.6 Å². The van der Waals surface area contributed by atoms with Crippen molar-refractivity contribution in [2.75, 3.05) is 31.6 Å². The maximum Gasteiger partial charge on any atom is 0.270 e. The third-order valence-electron chi connectivity index (χ3n) is 5.90. The van der Waals surface area contributed by atoms with E-state index in [1.165, 1.54) is 16.4 Å². The average molecular weight is 432 g/mol. The first-order valence-electron chi connectivity index (χ1n) is 10.1. The van der Waals surface area contributed by atoms with Crippen LogP contribution in [-0.4, -0.2) is 44.4 Å². The summed E-state index contributed by atoms with van der Waals surface area (Å²) in [6.07, 6.45) is 3.41. The van der Waals surface area contributed by atoms with Gasteiger partial charge in [-0.3, -0.25) is 10.1 Å². The fourth-order valence-corrected chi connectivity index (χ4v) is 6.09. The number of nitrogens with zero attached hydrogens (tertiary/aromatic N) is 3. The zero-order valence-electron chi connectivity index (χ0n) is 16.9. The molecular formula is C21H25N3O5S. The van der Waals surface area contributed by atoms with E-state index in [2.05, 4.69) is 4.90 Å². The third kappa shape index (κ3) is 3.75. The molecule has 0 spiro atoms. The minimum absolute atomic E-state index is 0.00453. The van der Waals surface area contributed by atoms with Crippen LogP contribution < -0.4 is 9.64 Å². The van der Waals surface area contributed by atoms with Crippen LogP contribution in [-0.2, 0) is 10.0 Å². The van der Waals surface area contributed by atoms with Crippen molar-refractivity contribution in [3.8, 4) is 5.75 Å². The minimum atomic E-state index is -3.81. The number of hydrogen-bond acceptors (Lipinski definition) is 6. The highest BCUT2D eigenvalue weighted by molar-refractivity contribution is 7.89. The summed E-state index contributed by atoms with van der Waals surface area (Å²) in [6.45, 7) is 1.59. The second-order valence-corrected chi connectivity index (χ2v) is 9.55.